The van der Waals surface area contributed by atoms with Crippen LogP contribution in [0.3, 0.4) is 0 Å². The second-order valence-electron chi connectivity index (χ2n) is 11.3. The van der Waals surface area contributed by atoms with Crippen LogP contribution in [-0.4, -0.2) is 46.6 Å². The van der Waals surface area contributed by atoms with Gasteiger partial charge in [0.2, 0.25) is 5.91 Å². The molecule has 0 heterocycles. The van der Waals surface area contributed by atoms with Crippen molar-refractivity contribution in [3.05, 3.63) is 11.6 Å². The van der Waals surface area contributed by atoms with Crippen LogP contribution in [-0.2, 0) is 4.79 Å². The van der Waals surface area contributed by atoms with Gasteiger partial charge in [-0.1, -0.05) is 32.4 Å². The van der Waals surface area contributed by atoms with Crippen molar-refractivity contribution < 1.29 is 20.1 Å². The van der Waals surface area contributed by atoms with Gasteiger partial charge in [-0.15, -0.1) is 0 Å². The lowest BCUT2D eigenvalue weighted by Crippen LogP contribution is -2.57. The lowest BCUT2D eigenvalue weighted by molar-refractivity contribution is -0.121. The first-order valence-electron chi connectivity index (χ1n) is 12.1. The number of rotatable bonds is 4. The number of aliphatic hydroxyl groups excluding tert-OH is 3. The van der Waals surface area contributed by atoms with Crippen molar-refractivity contribution in [3.8, 4) is 0 Å². The number of carbonyl (C=O) groups excluding carboxylic acids is 1. The molecule has 30 heavy (non-hydrogen) atoms. The van der Waals surface area contributed by atoms with Crippen LogP contribution in [0.1, 0.15) is 72.1 Å². The van der Waals surface area contributed by atoms with Gasteiger partial charge in [0.25, 0.3) is 0 Å². The Kier molecular flexibility index (Phi) is 5.87. The van der Waals surface area contributed by atoms with Crippen molar-refractivity contribution in [3.63, 3.8) is 0 Å². The third-order valence-electron chi connectivity index (χ3n) is 10.0. The highest BCUT2D eigenvalue weighted by atomic mass is 16.3. The van der Waals surface area contributed by atoms with E-state index in [-0.39, 0.29) is 34.7 Å². The normalized spacial score (nSPS) is 48.8. The quantitative estimate of drug-likeness (QED) is 0.527. The molecule has 3 saturated carbocycles. The zero-order valence-corrected chi connectivity index (χ0v) is 19.1. The van der Waals surface area contributed by atoms with Crippen molar-refractivity contribution in [2.75, 3.05) is 7.05 Å². The Labute approximate surface area is 181 Å². The fourth-order valence-electron chi connectivity index (χ4n) is 8.12. The first kappa shape index (κ1) is 22.3. The molecule has 0 bridgehead atoms. The Bertz CT molecular complexity index is 707. The highest BCUT2D eigenvalue weighted by Gasteiger charge is 2.62. The summed E-state index contributed by atoms with van der Waals surface area (Å²) in [6.45, 7) is 6.77. The smallest absolute Gasteiger partial charge is 0.219 e. The number of amides is 1. The minimum absolute atomic E-state index is 0.0195. The molecule has 0 aliphatic heterocycles. The molecule has 5 heteroatoms. The number of aliphatic hydroxyl groups is 3. The summed E-state index contributed by atoms with van der Waals surface area (Å²) < 4.78 is 0. The molecule has 4 rings (SSSR count). The molecule has 5 nitrogen and oxygen atoms in total. The van der Waals surface area contributed by atoms with Gasteiger partial charge in [0.15, 0.2) is 0 Å². The molecule has 1 amide bonds. The van der Waals surface area contributed by atoms with E-state index in [0.29, 0.717) is 24.2 Å². The van der Waals surface area contributed by atoms with E-state index in [1.54, 1.807) is 7.05 Å². The first-order chi connectivity index (χ1) is 14.1. The molecular weight excluding hydrogens is 378 g/mol. The Morgan fingerprint density at radius 2 is 1.93 bits per heavy atom. The summed E-state index contributed by atoms with van der Waals surface area (Å²) in [7, 11) is 1.68. The largest absolute Gasteiger partial charge is 0.393 e. The van der Waals surface area contributed by atoms with Crippen molar-refractivity contribution in [2.45, 2.75) is 90.4 Å². The number of fused-ring (bicyclic) bond motifs is 5. The zero-order chi connectivity index (χ0) is 21.8. The summed E-state index contributed by atoms with van der Waals surface area (Å²) in [5.41, 5.74) is 0.995. The van der Waals surface area contributed by atoms with Crippen LogP contribution in [0.25, 0.3) is 0 Å². The molecule has 0 unspecified atom stereocenters. The minimum atomic E-state index is -0.515. The van der Waals surface area contributed by atoms with Crippen LogP contribution in [0, 0.1) is 40.4 Å². The second kappa shape index (κ2) is 7.90. The van der Waals surface area contributed by atoms with E-state index in [1.807, 2.05) is 0 Å². The standard InChI is InChI=1S/C25H41NO4/c1-14(5-8-22(30)26-4)17-6-7-18-23-19(13-21(29)25(17,18)3)24(2)10-9-16(27)11-15(24)12-20(23)28/h13-18,20-21,23,27-29H,5-12H2,1-4H3,(H,26,30)/t14-,15+,16-,17-,18+,20-,21+,23+,24+,25-/m1/s1. The third kappa shape index (κ3) is 3.27. The Balaban J connectivity index is 1.63. The monoisotopic (exact) mass is 419 g/mol. The molecule has 4 N–H and O–H groups in total. The maximum absolute atomic E-state index is 11.8. The Morgan fingerprint density at radius 3 is 2.63 bits per heavy atom. The Hall–Kier alpha value is -0.910. The van der Waals surface area contributed by atoms with E-state index in [2.05, 4.69) is 32.2 Å². The zero-order valence-electron chi connectivity index (χ0n) is 19.1. The molecule has 4 aliphatic rings. The molecule has 3 fully saturated rings. The van der Waals surface area contributed by atoms with Crippen LogP contribution in [0.2, 0.25) is 0 Å². The van der Waals surface area contributed by atoms with Gasteiger partial charge in [0, 0.05) is 24.8 Å². The van der Waals surface area contributed by atoms with Crippen LogP contribution in [0.15, 0.2) is 11.6 Å². The third-order valence-corrected chi connectivity index (χ3v) is 10.0. The van der Waals surface area contributed by atoms with Crippen molar-refractivity contribution in [1.82, 2.24) is 5.32 Å². The second-order valence-corrected chi connectivity index (χ2v) is 11.3. The molecule has 0 aromatic heterocycles. The van der Waals surface area contributed by atoms with E-state index in [0.717, 1.165) is 44.9 Å². The predicted octanol–water partition coefficient (Wildman–Crippen LogP) is 3.03. The summed E-state index contributed by atoms with van der Waals surface area (Å²) in [6.07, 6.45) is 7.66. The predicted molar refractivity (Wildman–Crippen MR) is 116 cm³/mol. The number of nitrogens with one attached hydrogen (secondary N) is 1. The summed E-state index contributed by atoms with van der Waals surface area (Å²) in [6, 6.07) is 0. The maximum Gasteiger partial charge on any atom is 0.219 e. The summed E-state index contributed by atoms with van der Waals surface area (Å²) in [5.74, 6) is 1.47. The van der Waals surface area contributed by atoms with E-state index in [1.165, 1.54) is 5.57 Å². The molecule has 0 spiro atoms. The van der Waals surface area contributed by atoms with Gasteiger partial charge in [-0.05, 0) is 74.0 Å². The highest BCUT2D eigenvalue weighted by molar-refractivity contribution is 5.75. The molecule has 0 aromatic rings. The van der Waals surface area contributed by atoms with Crippen LogP contribution < -0.4 is 5.32 Å². The minimum Gasteiger partial charge on any atom is -0.393 e. The highest BCUT2D eigenvalue weighted by Crippen LogP contribution is 2.66. The van der Waals surface area contributed by atoms with Gasteiger partial charge in [0.05, 0.1) is 18.3 Å². The lowest BCUT2D eigenvalue weighted by Gasteiger charge is -2.59. The van der Waals surface area contributed by atoms with Gasteiger partial charge in [-0.2, -0.15) is 0 Å². The maximum atomic E-state index is 11.8. The molecular formula is C25H41NO4. The van der Waals surface area contributed by atoms with Gasteiger partial charge in [-0.25, -0.2) is 0 Å². The fraction of sp³-hybridized carbons (Fsp3) is 0.880. The van der Waals surface area contributed by atoms with Gasteiger partial charge in [0.1, 0.15) is 0 Å². The molecule has 0 radical (unpaired) electrons. The van der Waals surface area contributed by atoms with E-state index < -0.39 is 12.2 Å². The van der Waals surface area contributed by atoms with Crippen molar-refractivity contribution in [2.24, 2.45) is 40.4 Å². The van der Waals surface area contributed by atoms with Crippen LogP contribution in [0.5, 0.6) is 0 Å². The fourth-order valence-corrected chi connectivity index (χ4v) is 8.12. The summed E-state index contributed by atoms with van der Waals surface area (Å²) >= 11 is 0. The van der Waals surface area contributed by atoms with Crippen LogP contribution in [0.4, 0.5) is 0 Å². The van der Waals surface area contributed by atoms with Crippen molar-refractivity contribution in [1.29, 1.82) is 0 Å². The Morgan fingerprint density at radius 1 is 1.20 bits per heavy atom. The average Bonchev–Trinajstić information content (AvgIpc) is 3.06. The van der Waals surface area contributed by atoms with Gasteiger partial charge >= 0.3 is 0 Å². The van der Waals surface area contributed by atoms with Gasteiger partial charge in [-0.3, -0.25) is 4.79 Å². The molecule has 10 atom stereocenters. The topological polar surface area (TPSA) is 89.8 Å². The molecule has 0 saturated heterocycles. The molecule has 4 aliphatic carbocycles. The number of hydrogen-bond acceptors (Lipinski definition) is 4. The number of hydrogen-bond donors (Lipinski definition) is 4. The SMILES string of the molecule is CNC(=O)CC[C@@H](C)[C@H]1CC[C@H]2[C@H]3C(=C[C@H](O)[C@]12C)[C@@]1(C)CC[C@@H](O)C[C@H]1C[C@H]3O. The van der Waals surface area contributed by atoms with Gasteiger partial charge < -0.3 is 20.6 Å². The van der Waals surface area contributed by atoms with E-state index >= 15 is 0 Å². The summed E-state index contributed by atoms with van der Waals surface area (Å²) in [5, 5.41) is 35.7. The van der Waals surface area contributed by atoms with Crippen molar-refractivity contribution >= 4 is 5.91 Å². The molecule has 0 aromatic carbocycles. The lowest BCUT2D eigenvalue weighted by atomic mass is 9.47. The average molecular weight is 420 g/mol. The summed E-state index contributed by atoms with van der Waals surface area (Å²) in [4.78, 5) is 11.8. The van der Waals surface area contributed by atoms with E-state index in [4.69, 9.17) is 0 Å². The number of carbonyl (C=O) groups is 1. The van der Waals surface area contributed by atoms with Crippen LogP contribution >= 0.6 is 0 Å². The molecule has 170 valence electrons. The first-order valence-corrected chi connectivity index (χ1v) is 12.1. The van der Waals surface area contributed by atoms with E-state index in [9.17, 15) is 20.1 Å².